The Morgan fingerprint density at radius 1 is 1.02 bits per heavy atom. The average molecular weight is 558 g/mol. The van der Waals surface area contributed by atoms with Gasteiger partial charge in [0.25, 0.3) is 5.91 Å². The lowest BCUT2D eigenvalue weighted by molar-refractivity contribution is 0.0684. The predicted octanol–water partition coefficient (Wildman–Crippen LogP) is 6.07. The van der Waals surface area contributed by atoms with Crippen molar-refractivity contribution in [3.8, 4) is 5.69 Å². The molecule has 10 heteroatoms. The number of carbonyl (C=O) groups is 2. The summed E-state index contributed by atoms with van der Waals surface area (Å²) < 4.78 is 5.57. The first-order chi connectivity index (χ1) is 19.2. The number of nitrogens with one attached hydrogen (secondary N) is 2. The molecule has 0 spiro atoms. The number of amides is 3. The number of likely N-dealkylation sites (tertiary alicyclic amines) is 1. The number of benzene rings is 2. The van der Waals surface area contributed by atoms with E-state index in [1.165, 1.54) is 11.5 Å². The van der Waals surface area contributed by atoms with Crippen LogP contribution in [0.5, 0.6) is 0 Å². The zero-order valence-electron chi connectivity index (χ0n) is 23.3. The Morgan fingerprint density at radius 2 is 1.77 bits per heavy atom. The van der Waals surface area contributed by atoms with E-state index in [1.807, 2.05) is 60.4 Å². The molecule has 2 aromatic carbocycles. The Kier molecular flexibility index (Phi) is 7.97. The van der Waals surface area contributed by atoms with Crippen molar-refractivity contribution in [2.75, 3.05) is 23.7 Å². The molecule has 2 aromatic heterocycles. The Bertz CT molecular complexity index is 1460. The van der Waals surface area contributed by atoms with Crippen molar-refractivity contribution in [3.63, 3.8) is 0 Å². The molecule has 3 heterocycles. The second-order valence-electron chi connectivity index (χ2n) is 11.4. The van der Waals surface area contributed by atoms with Crippen molar-refractivity contribution in [1.29, 1.82) is 0 Å². The van der Waals surface area contributed by atoms with Crippen LogP contribution in [0.3, 0.4) is 0 Å². The maximum atomic E-state index is 13.1. The number of hydrogen-bond acceptors (Lipinski definition) is 6. The number of aromatic nitrogens is 4. The van der Waals surface area contributed by atoms with Gasteiger partial charge in [-0.05, 0) is 73.5 Å². The molecule has 40 heavy (non-hydrogen) atoms. The molecule has 0 aliphatic carbocycles. The number of anilines is 2. The van der Waals surface area contributed by atoms with Crippen LogP contribution >= 0.6 is 11.5 Å². The smallest absolute Gasteiger partial charge is 0.324 e. The van der Waals surface area contributed by atoms with E-state index in [4.69, 9.17) is 5.10 Å². The quantitative estimate of drug-likeness (QED) is 0.299. The molecular weight excluding hydrogens is 522 g/mol. The minimum Gasteiger partial charge on any atom is -0.337 e. The van der Waals surface area contributed by atoms with E-state index in [9.17, 15) is 9.59 Å². The summed E-state index contributed by atoms with van der Waals surface area (Å²) in [5.41, 5.74) is 5.08. The molecule has 0 bridgehead atoms. The molecule has 9 nitrogen and oxygen atoms in total. The highest BCUT2D eigenvalue weighted by atomic mass is 32.1. The Hall–Kier alpha value is -4.05. The number of rotatable bonds is 6. The third-order valence-electron chi connectivity index (χ3n) is 7.19. The Balaban J connectivity index is 1.21. The number of piperidine rings is 1. The van der Waals surface area contributed by atoms with Crippen molar-refractivity contribution in [1.82, 2.24) is 24.3 Å². The summed E-state index contributed by atoms with van der Waals surface area (Å²) >= 11 is 1.19. The van der Waals surface area contributed by atoms with Crippen molar-refractivity contribution < 1.29 is 9.59 Å². The summed E-state index contributed by atoms with van der Waals surface area (Å²) in [6, 6.07) is 17.6. The van der Waals surface area contributed by atoms with E-state index in [2.05, 4.69) is 47.1 Å². The van der Waals surface area contributed by atoms with Crippen LogP contribution in [0.2, 0.25) is 0 Å². The number of urea groups is 1. The highest BCUT2D eigenvalue weighted by molar-refractivity contribution is 7.03. The van der Waals surface area contributed by atoms with Gasteiger partial charge in [-0.3, -0.25) is 10.1 Å². The third-order valence-corrected chi connectivity index (χ3v) is 7.69. The minimum absolute atomic E-state index is 0.0391. The van der Waals surface area contributed by atoms with Crippen LogP contribution in [-0.2, 0) is 11.8 Å². The van der Waals surface area contributed by atoms with Crippen LogP contribution in [0, 0.1) is 12.8 Å². The number of aryl methyl sites for hydroxylation is 1. The van der Waals surface area contributed by atoms with Crippen molar-refractivity contribution in [2.24, 2.45) is 5.92 Å². The molecule has 0 unspecified atom stereocenters. The van der Waals surface area contributed by atoms with Gasteiger partial charge >= 0.3 is 6.03 Å². The normalized spacial score (nSPS) is 14.2. The zero-order chi connectivity index (χ0) is 28.3. The van der Waals surface area contributed by atoms with Gasteiger partial charge in [0, 0.05) is 35.6 Å². The van der Waals surface area contributed by atoms with Crippen molar-refractivity contribution in [3.05, 3.63) is 82.5 Å². The number of carbonyl (C=O) groups excluding carboxylic acids is 2. The van der Waals surface area contributed by atoms with Gasteiger partial charge in [-0.2, -0.15) is 5.10 Å². The first kappa shape index (κ1) is 27.5. The van der Waals surface area contributed by atoms with Crippen molar-refractivity contribution >= 4 is 35.0 Å². The maximum Gasteiger partial charge on any atom is 0.324 e. The van der Waals surface area contributed by atoms with Gasteiger partial charge in [0.15, 0.2) is 5.69 Å². The fourth-order valence-electron chi connectivity index (χ4n) is 4.87. The highest BCUT2D eigenvalue weighted by Gasteiger charge is 2.25. The second kappa shape index (κ2) is 11.6. The van der Waals surface area contributed by atoms with E-state index in [-0.39, 0.29) is 17.4 Å². The third kappa shape index (κ3) is 6.56. The largest absolute Gasteiger partial charge is 0.337 e. The van der Waals surface area contributed by atoms with Crippen LogP contribution in [0.15, 0.2) is 60.0 Å². The molecule has 0 radical (unpaired) electrons. The van der Waals surface area contributed by atoms with Gasteiger partial charge in [0.2, 0.25) is 0 Å². The molecule has 0 saturated carbocycles. The minimum atomic E-state index is -0.325. The molecule has 1 saturated heterocycles. The summed E-state index contributed by atoms with van der Waals surface area (Å²) in [7, 11) is 0. The van der Waals surface area contributed by atoms with Crippen LogP contribution in [-0.4, -0.2) is 49.3 Å². The van der Waals surface area contributed by atoms with Crippen LogP contribution in [0.1, 0.15) is 60.9 Å². The molecule has 5 rings (SSSR count). The monoisotopic (exact) mass is 557 g/mol. The Morgan fingerprint density at radius 3 is 2.45 bits per heavy atom. The summed E-state index contributed by atoms with van der Waals surface area (Å²) in [5, 5.41) is 16.4. The summed E-state index contributed by atoms with van der Waals surface area (Å²) in [5.74, 6) is 1.04. The molecule has 3 amide bonds. The van der Waals surface area contributed by atoms with E-state index >= 15 is 0 Å². The maximum absolute atomic E-state index is 13.1. The molecule has 208 valence electrons. The van der Waals surface area contributed by atoms with E-state index in [0.717, 1.165) is 47.5 Å². The number of nitrogens with zero attached hydrogens (tertiary/aromatic N) is 5. The van der Waals surface area contributed by atoms with Crippen LogP contribution < -0.4 is 10.6 Å². The van der Waals surface area contributed by atoms with Gasteiger partial charge in [-0.15, -0.1) is 5.10 Å². The molecule has 0 atom stereocenters. The fraction of sp³-hybridized carbons (Fsp3) is 0.367. The first-order valence-electron chi connectivity index (χ1n) is 13.6. The molecule has 1 fully saturated rings. The van der Waals surface area contributed by atoms with Gasteiger partial charge in [-0.25, -0.2) is 9.48 Å². The second-order valence-corrected chi connectivity index (χ2v) is 12.0. The average Bonchev–Trinajstić information content (AvgIpc) is 3.60. The lowest BCUT2D eigenvalue weighted by Gasteiger charge is -2.31. The van der Waals surface area contributed by atoms with Gasteiger partial charge < -0.3 is 10.2 Å². The first-order valence-corrected chi connectivity index (χ1v) is 14.4. The van der Waals surface area contributed by atoms with Crippen LogP contribution in [0.4, 0.5) is 16.3 Å². The predicted molar refractivity (Wildman–Crippen MR) is 158 cm³/mol. The van der Waals surface area contributed by atoms with Gasteiger partial charge in [-0.1, -0.05) is 55.1 Å². The topological polar surface area (TPSA) is 105 Å². The number of hydrogen-bond donors (Lipinski definition) is 2. The summed E-state index contributed by atoms with van der Waals surface area (Å²) in [6.07, 6.45) is 2.76. The molecule has 1 aliphatic heterocycles. The molecule has 1 aliphatic rings. The van der Waals surface area contributed by atoms with Gasteiger partial charge in [0.05, 0.1) is 11.4 Å². The van der Waals surface area contributed by atoms with E-state index in [0.29, 0.717) is 30.5 Å². The summed E-state index contributed by atoms with van der Waals surface area (Å²) in [4.78, 5) is 27.5. The summed E-state index contributed by atoms with van der Waals surface area (Å²) in [6.45, 7) is 9.78. The molecule has 4 aromatic rings. The lowest BCUT2D eigenvalue weighted by atomic mass is 9.90. The lowest BCUT2D eigenvalue weighted by Crippen LogP contribution is -2.39. The van der Waals surface area contributed by atoms with Gasteiger partial charge in [0.1, 0.15) is 5.82 Å². The van der Waals surface area contributed by atoms with Crippen LogP contribution in [0.25, 0.3) is 5.69 Å². The standard InChI is InChI=1S/C30H35N7O2S/c1-20-8-10-24(11-9-20)37-27(18-26(34-37)30(2,3)4)32-29(39)31-23-7-5-6-22(17-23)16-21-12-14-36(15-13-21)28(38)25-19-40-35-33-25/h5-11,17-19,21H,12-16H2,1-4H3,(H2,31,32,39). The van der Waals surface area contributed by atoms with E-state index in [1.54, 1.807) is 10.1 Å². The molecule has 2 N–H and O–H groups in total. The SMILES string of the molecule is Cc1ccc(-n2nc(C(C)(C)C)cc2NC(=O)Nc2cccc(CC3CCN(C(=O)c4csnn4)CC3)c2)cc1. The van der Waals surface area contributed by atoms with E-state index < -0.39 is 0 Å². The fourth-order valence-corrected chi connectivity index (χ4v) is 5.30. The molecular formula is C30H35N7O2S. The van der Waals surface area contributed by atoms with Crippen molar-refractivity contribution in [2.45, 2.75) is 52.4 Å². The highest BCUT2D eigenvalue weighted by Crippen LogP contribution is 2.27. The zero-order valence-corrected chi connectivity index (χ0v) is 24.2. The Labute approximate surface area is 238 Å².